The number of amides is 1. The Morgan fingerprint density at radius 1 is 1.09 bits per heavy atom. The Morgan fingerprint density at radius 3 is 2.54 bits per heavy atom. The number of hydrogen-bond acceptors (Lipinski definition) is 7. The third kappa shape index (κ3) is 4.29. The number of nitrogens with zero attached hydrogens (tertiary/aromatic N) is 1. The summed E-state index contributed by atoms with van der Waals surface area (Å²) in [6.07, 6.45) is 4.96. The van der Waals surface area contributed by atoms with E-state index in [4.69, 9.17) is 14.2 Å². The van der Waals surface area contributed by atoms with E-state index in [-0.39, 0.29) is 17.9 Å². The SMILES string of the molecule is COc1cc2sc(/C=C(/C(=O)O)c3ccncc3)c(Oc3ccc4c(c3)CC(=O)N4)c2cc1OC. The summed E-state index contributed by atoms with van der Waals surface area (Å²) in [5, 5.41) is 13.5. The van der Waals surface area contributed by atoms with Crippen LogP contribution in [0.4, 0.5) is 5.69 Å². The van der Waals surface area contributed by atoms with Crippen LogP contribution in [0.2, 0.25) is 0 Å². The number of ether oxygens (including phenoxy) is 3. The molecule has 0 bridgehead atoms. The van der Waals surface area contributed by atoms with Crippen molar-refractivity contribution in [3.05, 3.63) is 70.9 Å². The van der Waals surface area contributed by atoms with Crippen LogP contribution in [0.5, 0.6) is 23.0 Å². The Balaban J connectivity index is 1.68. The van der Waals surface area contributed by atoms with Crippen molar-refractivity contribution in [1.29, 1.82) is 0 Å². The first kappa shape index (κ1) is 22.4. The van der Waals surface area contributed by atoms with Gasteiger partial charge in [0, 0.05) is 34.2 Å². The van der Waals surface area contributed by atoms with Gasteiger partial charge in [-0.1, -0.05) is 0 Å². The average molecular weight is 489 g/mol. The van der Waals surface area contributed by atoms with E-state index in [0.29, 0.717) is 33.4 Å². The lowest BCUT2D eigenvalue weighted by Crippen LogP contribution is -2.03. The zero-order valence-electron chi connectivity index (χ0n) is 18.8. The van der Waals surface area contributed by atoms with Crippen LogP contribution in [-0.2, 0) is 16.0 Å². The van der Waals surface area contributed by atoms with Crippen molar-refractivity contribution < 1.29 is 28.9 Å². The molecule has 1 aliphatic rings. The molecule has 0 radical (unpaired) electrons. The Hall–Kier alpha value is -4.37. The van der Waals surface area contributed by atoms with Crippen molar-refractivity contribution in [3.8, 4) is 23.0 Å². The molecule has 0 atom stereocenters. The number of carboxylic acid groups (broad SMARTS) is 1. The molecule has 1 aliphatic heterocycles. The van der Waals surface area contributed by atoms with Gasteiger partial charge in [0.1, 0.15) is 5.75 Å². The van der Waals surface area contributed by atoms with E-state index in [9.17, 15) is 14.7 Å². The number of rotatable bonds is 7. The number of thiophene rings is 1. The van der Waals surface area contributed by atoms with Crippen LogP contribution in [0.25, 0.3) is 21.7 Å². The van der Waals surface area contributed by atoms with Crippen molar-refractivity contribution in [2.45, 2.75) is 6.42 Å². The molecule has 9 heteroatoms. The molecule has 0 spiro atoms. The van der Waals surface area contributed by atoms with Gasteiger partial charge in [-0.3, -0.25) is 9.78 Å². The van der Waals surface area contributed by atoms with Crippen LogP contribution < -0.4 is 19.5 Å². The molecule has 3 heterocycles. The summed E-state index contributed by atoms with van der Waals surface area (Å²) in [4.78, 5) is 28.5. The number of carbonyl (C=O) groups excluding carboxylic acids is 1. The molecule has 4 aromatic rings. The number of aliphatic carboxylic acids is 1. The maximum Gasteiger partial charge on any atom is 0.336 e. The molecular formula is C26H20N2O6S. The maximum absolute atomic E-state index is 12.1. The van der Waals surface area contributed by atoms with Gasteiger partial charge in [0.2, 0.25) is 5.91 Å². The maximum atomic E-state index is 12.1. The minimum atomic E-state index is -1.07. The van der Waals surface area contributed by atoms with Crippen LogP contribution >= 0.6 is 11.3 Å². The van der Waals surface area contributed by atoms with Crippen LogP contribution in [0.3, 0.4) is 0 Å². The van der Waals surface area contributed by atoms with Crippen molar-refractivity contribution in [3.63, 3.8) is 0 Å². The van der Waals surface area contributed by atoms with Crippen molar-refractivity contribution in [2.75, 3.05) is 19.5 Å². The summed E-state index contributed by atoms with van der Waals surface area (Å²) in [7, 11) is 3.11. The molecule has 0 saturated heterocycles. The standard InChI is InChI=1S/C26H20N2O6S/c1-32-20-11-18-22(13-21(20)33-2)35-23(12-17(26(30)31)14-5-7-27-8-6-14)25(18)34-16-3-4-19-15(9-16)10-24(29)28-19/h3-9,11-13H,10H2,1-2H3,(H,28,29)(H,30,31)/b17-12+. The summed E-state index contributed by atoms with van der Waals surface area (Å²) >= 11 is 1.38. The lowest BCUT2D eigenvalue weighted by Gasteiger charge is -2.10. The normalized spacial score (nSPS) is 12.9. The highest BCUT2D eigenvalue weighted by Gasteiger charge is 2.22. The van der Waals surface area contributed by atoms with Crippen molar-refractivity contribution in [2.24, 2.45) is 0 Å². The molecule has 0 unspecified atom stereocenters. The van der Waals surface area contributed by atoms with E-state index in [1.54, 1.807) is 57.0 Å². The van der Waals surface area contributed by atoms with E-state index in [1.807, 2.05) is 18.2 Å². The van der Waals surface area contributed by atoms with E-state index in [1.165, 1.54) is 11.3 Å². The van der Waals surface area contributed by atoms with E-state index in [2.05, 4.69) is 10.3 Å². The van der Waals surface area contributed by atoms with Gasteiger partial charge in [0.15, 0.2) is 17.2 Å². The molecule has 35 heavy (non-hydrogen) atoms. The van der Waals surface area contributed by atoms with Gasteiger partial charge in [-0.15, -0.1) is 11.3 Å². The van der Waals surface area contributed by atoms with E-state index < -0.39 is 5.97 Å². The second-order valence-corrected chi connectivity index (χ2v) is 8.83. The van der Waals surface area contributed by atoms with Gasteiger partial charge < -0.3 is 24.6 Å². The molecule has 5 rings (SSSR count). The number of carboxylic acids is 1. The fourth-order valence-corrected chi connectivity index (χ4v) is 5.02. The van der Waals surface area contributed by atoms with Crippen molar-refractivity contribution in [1.82, 2.24) is 4.98 Å². The highest BCUT2D eigenvalue weighted by molar-refractivity contribution is 7.20. The first-order valence-corrected chi connectivity index (χ1v) is 11.4. The Labute approximate surface area is 204 Å². The Bertz CT molecular complexity index is 1490. The molecular weight excluding hydrogens is 468 g/mol. The van der Waals surface area contributed by atoms with E-state index in [0.717, 1.165) is 21.3 Å². The third-order valence-electron chi connectivity index (χ3n) is 5.59. The van der Waals surface area contributed by atoms with Gasteiger partial charge in [-0.2, -0.15) is 0 Å². The number of carbonyl (C=O) groups is 2. The first-order chi connectivity index (χ1) is 17.0. The number of fused-ring (bicyclic) bond motifs is 2. The number of aromatic nitrogens is 1. The smallest absolute Gasteiger partial charge is 0.336 e. The number of methoxy groups -OCH3 is 2. The second-order valence-electron chi connectivity index (χ2n) is 7.74. The fraction of sp³-hybridized carbons (Fsp3) is 0.115. The summed E-state index contributed by atoms with van der Waals surface area (Å²) < 4.78 is 18.1. The minimum Gasteiger partial charge on any atom is -0.493 e. The lowest BCUT2D eigenvalue weighted by molar-refractivity contribution is -0.130. The van der Waals surface area contributed by atoms with Crippen LogP contribution in [0.1, 0.15) is 16.0 Å². The predicted octanol–water partition coefficient (Wildman–Crippen LogP) is 5.23. The number of benzene rings is 2. The second kappa shape index (κ2) is 9.11. The minimum absolute atomic E-state index is 0.0676. The van der Waals surface area contributed by atoms with Crippen LogP contribution in [-0.4, -0.2) is 36.2 Å². The molecule has 0 fully saturated rings. The van der Waals surface area contributed by atoms with Crippen LogP contribution in [0, 0.1) is 0 Å². The molecule has 0 aliphatic carbocycles. The average Bonchev–Trinajstić information content (AvgIpc) is 3.40. The van der Waals surface area contributed by atoms with Gasteiger partial charge in [-0.25, -0.2) is 4.79 Å². The zero-order chi connectivity index (χ0) is 24.5. The fourth-order valence-electron chi connectivity index (χ4n) is 3.94. The third-order valence-corrected chi connectivity index (χ3v) is 6.67. The van der Waals surface area contributed by atoms with Crippen molar-refractivity contribution >= 4 is 50.6 Å². The number of nitrogens with one attached hydrogen (secondary N) is 1. The molecule has 2 aromatic heterocycles. The van der Waals surface area contributed by atoms with Gasteiger partial charge in [0.25, 0.3) is 0 Å². The Morgan fingerprint density at radius 2 is 1.83 bits per heavy atom. The summed E-state index contributed by atoms with van der Waals surface area (Å²) in [6.45, 7) is 0. The zero-order valence-corrected chi connectivity index (χ0v) is 19.6. The number of hydrogen-bond donors (Lipinski definition) is 2. The highest BCUT2D eigenvalue weighted by Crippen LogP contribution is 2.46. The van der Waals surface area contributed by atoms with Gasteiger partial charge in [-0.05, 0) is 53.6 Å². The summed E-state index contributed by atoms with van der Waals surface area (Å²) in [5.41, 5.74) is 2.22. The van der Waals surface area contributed by atoms with Gasteiger partial charge >= 0.3 is 5.97 Å². The molecule has 8 nitrogen and oxygen atoms in total. The predicted molar refractivity (Wildman–Crippen MR) is 134 cm³/mol. The number of anilines is 1. The molecule has 1 amide bonds. The molecule has 176 valence electrons. The van der Waals surface area contributed by atoms with Gasteiger partial charge in [0.05, 0.1) is 31.1 Å². The molecule has 0 saturated carbocycles. The molecule has 2 aromatic carbocycles. The topological polar surface area (TPSA) is 107 Å². The van der Waals surface area contributed by atoms with E-state index >= 15 is 0 Å². The quantitative estimate of drug-likeness (QED) is 0.343. The molecule has 2 N–H and O–H groups in total. The largest absolute Gasteiger partial charge is 0.493 e. The summed E-state index contributed by atoms with van der Waals surface area (Å²) in [6, 6.07) is 12.3. The first-order valence-electron chi connectivity index (χ1n) is 10.6. The number of pyridine rings is 1. The lowest BCUT2D eigenvalue weighted by atomic mass is 10.1. The van der Waals surface area contributed by atoms with Crippen LogP contribution in [0.15, 0.2) is 54.9 Å². The highest BCUT2D eigenvalue weighted by atomic mass is 32.1. The Kier molecular flexibility index (Phi) is 5.84. The monoisotopic (exact) mass is 488 g/mol. The summed E-state index contributed by atoms with van der Waals surface area (Å²) in [5.74, 6) is 0.952.